The fourth-order valence-electron chi connectivity index (χ4n) is 2.88. The molecule has 1 aliphatic carbocycles. The van der Waals surface area contributed by atoms with E-state index in [-0.39, 0.29) is 17.6 Å². The van der Waals surface area contributed by atoms with Crippen molar-refractivity contribution in [1.29, 1.82) is 0 Å². The Morgan fingerprint density at radius 1 is 1.60 bits per heavy atom. The smallest absolute Gasteiger partial charge is 0.174 e. The van der Waals surface area contributed by atoms with Gasteiger partial charge in [0.25, 0.3) is 0 Å². The SMILES string of the molecule is C=C1N=C(N)C=CN1[C@@H]1O[C@@](CO)(C2CC2)[C@@H](O)[C@H]1F. The van der Waals surface area contributed by atoms with Crippen LogP contribution in [0.2, 0.25) is 0 Å². The molecule has 1 saturated carbocycles. The molecule has 6 nitrogen and oxygen atoms in total. The highest BCUT2D eigenvalue weighted by Gasteiger charge is 2.62. The van der Waals surface area contributed by atoms with E-state index in [2.05, 4.69) is 11.6 Å². The van der Waals surface area contributed by atoms with Crippen LogP contribution in [0.4, 0.5) is 4.39 Å². The van der Waals surface area contributed by atoms with Crippen LogP contribution in [0.25, 0.3) is 0 Å². The van der Waals surface area contributed by atoms with Gasteiger partial charge in [-0.05, 0) is 24.8 Å². The summed E-state index contributed by atoms with van der Waals surface area (Å²) in [6, 6.07) is 0. The van der Waals surface area contributed by atoms with Gasteiger partial charge in [-0.25, -0.2) is 9.38 Å². The minimum absolute atomic E-state index is 0.0126. The van der Waals surface area contributed by atoms with Crippen LogP contribution in [0.1, 0.15) is 12.8 Å². The molecule has 0 amide bonds. The highest BCUT2D eigenvalue weighted by molar-refractivity contribution is 5.92. The average Bonchev–Trinajstić information content (AvgIpc) is 3.22. The zero-order valence-corrected chi connectivity index (χ0v) is 10.9. The molecule has 4 atom stereocenters. The maximum atomic E-state index is 14.4. The predicted octanol–water partition coefficient (Wildman–Crippen LogP) is -0.160. The summed E-state index contributed by atoms with van der Waals surface area (Å²) in [6.45, 7) is 3.29. The number of alkyl halides is 1. The van der Waals surface area contributed by atoms with Gasteiger partial charge in [0.05, 0.1) is 6.61 Å². The normalized spacial score (nSPS) is 41.1. The lowest BCUT2D eigenvalue weighted by Gasteiger charge is -2.32. The molecule has 0 aromatic carbocycles. The molecule has 0 aromatic rings. The number of rotatable bonds is 3. The number of halogens is 1. The molecule has 7 heteroatoms. The molecule has 2 fully saturated rings. The molecule has 2 heterocycles. The molecule has 3 rings (SSSR count). The van der Waals surface area contributed by atoms with Gasteiger partial charge < -0.3 is 25.6 Å². The van der Waals surface area contributed by atoms with Crippen LogP contribution in [0.3, 0.4) is 0 Å². The molecule has 4 N–H and O–H groups in total. The summed E-state index contributed by atoms with van der Waals surface area (Å²) in [5.74, 6) is 0.506. The van der Waals surface area contributed by atoms with E-state index >= 15 is 0 Å². The maximum absolute atomic E-state index is 14.4. The van der Waals surface area contributed by atoms with Gasteiger partial charge in [-0.2, -0.15) is 0 Å². The number of hydrogen-bond donors (Lipinski definition) is 3. The summed E-state index contributed by atoms with van der Waals surface area (Å²) >= 11 is 0. The lowest BCUT2D eigenvalue weighted by Crippen LogP contribution is -2.47. The second-order valence-corrected chi connectivity index (χ2v) is 5.46. The van der Waals surface area contributed by atoms with Crippen molar-refractivity contribution in [2.45, 2.75) is 36.9 Å². The molecule has 3 aliphatic rings. The number of amidine groups is 1. The minimum Gasteiger partial charge on any atom is -0.393 e. The summed E-state index contributed by atoms with van der Waals surface area (Å²) in [6.07, 6.45) is 0.589. The van der Waals surface area contributed by atoms with E-state index < -0.39 is 30.7 Å². The summed E-state index contributed by atoms with van der Waals surface area (Å²) in [7, 11) is 0. The summed E-state index contributed by atoms with van der Waals surface area (Å²) < 4.78 is 20.1. The summed E-state index contributed by atoms with van der Waals surface area (Å²) in [5.41, 5.74) is 4.31. The molecule has 1 saturated heterocycles. The van der Waals surface area contributed by atoms with Crippen LogP contribution in [0.15, 0.2) is 29.7 Å². The van der Waals surface area contributed by atoms with Crippen molar-refractivity contribution >= 4 is 5.84 Å². The van der Waals surface area contributed by atoms with E-state index in [9.17, 15) is 14.6 Å². The number of nitrogens with two attached hydrogens (primary N) is 1. The number of aliphatic imine (C=N–C) groups is 1. The van der Waals surface area contributed by atoms with E-state index in [0.717, 1.165) is 12.8 Å². The number of hydrogen-bond acceptors (Lipinski definition) is 6. The van der Waals surface area contributed by atoms with Gasteiger partial charge in [0.2, 0.25) is 0 Å². The second kappa shape index (κ2) is 4.54. The second-order valence-electron chi connectivity index (χ2n) is 5.46. The van der Waals surface area contributed by atoms with Gasteiger partial charge in [0.1, 0.15) is 23.4 Å². The molecular weight excluding hydrogens is 265 g/mol. The van der Waals surface area contributed by atoms with E-state index in [1.165, 1.54) is 17.2 Å². The van der Waals surface area contributed by atoms with E-state index in [4.69, 9.17) is 10.5 Å². The third-order valence-electron chi connectivity index (χ3n) is 4.17. The predicted molar refractivity (Wildman–Crippen MR) is 70.1 cm³/mol. The lowest BCUT2D eigenvalue weighted by atomic mass is 9.91. The van der Waals surface area contributed by atoms with Gasteiger partial charge >= 0.3 is 0 Å². The minimum atomic E-state index is -1.65. The number of ether oxygens (including phenoxy) is 1. The van der Waals surface area contributed by atoms with Crippen molar-refractivity contribution < 1.29 is 19.3 Å². The van der Waals surface area contributed by atoms with E-state index in [0.29, 0.717) is 0 Å². The van der Waals surface area contributed by atoms with Crippen molar-refractivity contribution in [3.05, 3.63) is 24.7 Å². The topological polar surface area (TPSA) is 91.3 Å². The Bertz CT molecular complexity index is 491. The Hall–Kier alpha value is -1.44. The molecule has 2 aliphatic heterocycles. The van der Waals surface area contributed by atoms with Crippen molar-refractivity contribution in [2.75, 3.05) is 6.61 Å². The Morgan fingerprint density at radius 2 is 2.30 bits per heavy atom. The number of nitrogens with zero attached hydrogens (tertiary/aromatic N) is 2. The van der Waals surface area contributed by atoms with Crippen molar-refractivity contribution in [1.82, 2.24) is 4.90 Å². The van der Waals surface area contributed by atoms with Gasteiger partial charge in [-0.3, -0.25) is 0 Å². The Balaban J connectivity index is 1.85. The highest BCUT2D eigenvalue weighted by Crippen LogP contribution is 2.50. The fourth-order valence-corrected chi connectivity index (χ4v) is 2.88. The third-order valence-corrected chi connectivity index (χ3v) is 4.17. The van der Waals surface area contributed by atoms with Crippen LogP contribution >= 0.6 is 0 Å². The van der Waals surface area contributed by atoms with Gasteiger partial charge in [0.15, 0.2) is 12.4 Å². The van der Waals surface area contributed by atoms with Gasteiger partial charge in [0, 0.05) is 6.20 Å². The molecule has 0 spiro atoms. The molecule has 0 bridgehead atoms. The molecule has 0 aromatic heterocycles. The number of aliphatic hydroxyl groups excluding tert-OH is 2. The largest absolute Gasteiger partial charge is 0.393 e. The molecule has 0 radical (unpaired) electrons. The lowest BCUT2D eigenvalue weighted by molar-refractivity contribution is -0.146. The molecule has 0 unspecified atom stereocenters. The molecule has 110 valence electrons. The van der Waals surface area contributed by atoms with Crippen LogP contribution < -0.4 is 5.73 Å². The van der Waals surface area contributed by atoms with Gasteiger partial charge in [-0.1, -0.05) is 6.58 Å². The molecular formula is C13H18FN3O3. The zero-order chi connectivity index (χ0) is 14.5. The zero-order valence-electron chi connectivity index (χ0n) is 10.9. The van der Waals surface area contributed by atoms with E-state index in [1.807, 2.05) is 0 Å². The quantitative estimate of drug-likeness (QED) is 0.669. The highest BCUT2D eigenvalue weighted by atomic mass is 19.1. The van der Waals surface area contributed by atoms with Crippen molar-refractivity contribution in [3.8, 4) is 0 Å². The molecule has 20 heavy (non-hydrogen) atoms. The first kappa shape index (κ1) is 13.5. The third kappa shape index (κ3) is 1.85. The van der Waals surface area contributed by atoms with E-state index in [1.54, 1.807) is 0 Å². The van der Waals surface area contributed by atoms with Gasteiger partial charge in [-0.15, -0.1) is 0 Å². The first-order valence-corrected chi connectivity index (χ1v) is 6.60. The average molecular weight is 283 g/mol. The summed E-state index contributed by atoms with van der Waals surface area (Å²) in [5, 5.41) is 19.7. The first-order chi connectivity index (χ1) is 9.49. The van der Waals surface area contributed by atoms with Crippen LogP contribution in [-0.2, 0) is 4.74 Å². The Morgan fingerprint density at radius 3 is 2.85 bits per heavy atom. The standard InChI is InChI=1S/C13H18FN3O3/c1-7-16-9(15)4-5-17(7)12-10(14)11(19)13(6-18,20-12)8-2-3-8/h4-5,8,10-12,18-19H,1-3,6H2,(H2,15,16)/t10-,11+,12-,13+/m1/s1. The van der Waals surface area contributed by atoms with Crippen LogP contribution in [0.5, 0.6) is 0 Å². The Labute approximate surface area is 116 Å². The maximum Gasteiger partial charge on any atom is 0.174 e. The number of aliphatic hydroxyl groups is 2. The van der Waals surface area contributed by atoms with Crippen molar-refractivity contribution in [2.24, 2.45) is 16.6 Å². The van der Waals surface area contributed by atoms with Crippen LogP contribution in [0, 0.1) is 5.92 Å². The fraction of sp³-hybridized carbons (Fsp3) is 0.615. The first-order valence-electron chi connectivity index (χ1n) is 6.60. The summed E-state index contributed by atoms with van der Waals surface area (Å²) in [4.78, 5) is 5.34. The van der Waals surface area contributed by atoms with Crippen LogP contribution in [-0.4, -0.2) is 51.7 Å². The Kier molecular flexibility index (Phi) is 3.07. The van der Waals surface area contributed by atoms with Crippen molar-refractivity contribution in [3.63, 3.8) is 0 Å². The monoisotopic (exact) mass is 283 g/mol.